The molecule has 2 heterocycles. The van der Waals surface area contributed by atoms with E-state index < -0.39 is 11.0 Å². The number of anilines is 2. The number of hydrogen-bond donors (Lipinski definition) is 2. The molecule has 0 unspecified atom stereocenters. The minimum absolute atomic E-state index is 0.127. The molecule has 0 aromatic carbocycles. The van der Waals surface area contributed by atoms with Gasteiger partial charge >= 0.3 is 11.8 Å². The van der Waals surface area contributed by atoms with Crippen LogP contribution in [0.2, 0.25) is 0 Å². The minimum Gasteiger partial charge on any atom is -0.465 e. The Bertz CT molecular complexity index is 513. The van der Waals surface area contributed by atoms with E-state index in [1.165, 1.54) is 17.2 Å². The lowest BCUT2D eigenvalue weighted by Gasteiger charge is -2.34. The zero-order valence-electron chi connectivity index (χ0n) is 10.0. The number of rotatable bonds is 2. The van der Waals surface area contributed by atoms with E-state index >= 15 is 0 Å². The molecule has 9 nitrogen and oxygen atoms in total. The largest absolute Gasteiger partial charge is 0.465 e. The summed E-state index contributed by atoms with van der Waals surface area (Å²) in [6.45, 7) is 1.64. The summed E-state index contributed by atoms with van der Waals surface area (Å²) in [6.07, 6.45) is 0.500. The molecule has 1 amide bonds. The first-order valence-corrected chi connectivity index (χ1v) is 5.62. The summed E-state index contributed by atoms with van der Waals surface area (Å²) in [5.74, 6) is -0.127. The average Bonchev–Trinajstić information content (AvgIpc) is 2.39. The Morgan fingerprint density at radius 3 is 2.58 bits per heavy atom. The maximum absolute atomic E-state index is 10.8. The number of nitrogen functional groups attached to an aromatic ring is 1. The van der Waals surface area contributed by atoms with Crippen molar-refractivity contribution in [3.8, 4) is 0 Å². The number of piperazine rings is 1. The highest BCUT2D eigenvalue weighted by atomic mass is 16.6. The van der Waals surface area contributed by atoms with Crippen LogP contribution in [0.1, 0.15) is 0 Å². The van der Waals surface area contributed by atoms with Gasteiger partial charge < -0.3 is 20.6 Å². The number of nitrogens with zero attached hydrogens (tertiary/aromatic N) is 4. The third-order valence-electron chi connectivity index (χ3n) is 2.99. The molecule has 0 bridgehead atoms. The number of carbonyl (C=O) groups is 1. The quantitative estimate of drug-likeness (QED) is 0.585. The standard InChI is InChI=1S/C10H13N5O4/c11-9-8(15(18)19)5-7(6-12-9)13-1-3-14(4-2-13)10(16)17/h5-6H,1-4H2,(H2,11,12)(H,16,17). The maximum Gasteiger partial charge on any atom is 0.407 e. The summed E-state index contributed by atoms with van der Waals surface area (Å²) < 4.78 is 0. The number of carboxylic acid groups (broad SMARTS) is 1. The molecule has 3 N–H and O–H groups in total. The van der Waals surface area contributed by atoms with Crippen molar-refractivity contribution < 1.29 is 14.8 Å². The van der Waals surface area contributed by atoms with Crippen LogP contribution in [0.4, 0.5) is 22.0 Å². The van der Waals surface area contributed by atoms with Gasteiger partial charge in [0, 0.05) is 32.2 Å². The molecule has 102 valence electrons. The van der Waals surface area contributed by atoms with Gasteiger partial charge in [-0.15, -0.1) is 0 Å². The maximum atomic E-state index is 10.8. The van der Waals surface area contributed by atoms with Gasteiger partial charge in [0.25, 0.3) is 0 Å². The number of pyridine rings is 1. The highest BCUT2D eigenvalue weighted by molar-refractivity contribution is 5.66. The predicted molar refractivity (Wildman–Crippen MR) is 67.1 cm³/mol. The summed E-state index contributed by atoms with van der Waals surface area (Å²) in [5, 5.41) is 19.6. The molecule has 1 aromatic rings. The number of nitrogens with two attached hydrogens (primary N) is 1. The average molecular weight is 267 g/mol. The van der Waals surface area contributed by atoms with Gasteiger partial charge in [-0.3, -0.25) is 10.1 Å². The second-order valence-electron chi connectivity index (χ2n) is 4.11. The van der Waals surface area contributed by atoms with Crippen LogP contribution in [0, 0.1) is 10.1 Å². The molecule has 2 rings (SSSR count). The third-order valence-corrected chi connectivity index (χ3v) is 2.99. The second kappa shape index (κ2) is 4.96. The third kappa shape index (κ3) is 2.64. The normalized spacial score (nSPS) is 15.4. The van der Waals surface area contributed by atoms with Crippen molar-refractivity contribution in [1.29, 1.82) is 0 Å². The van der Waals surface area contributed by atoms with Crippen LogP contribution in [-0.2, 0) is 0 Å². The summed E-state index contributed by atoms with van der Waals surface area (Å²) in [6, 6.07) is 1.36. The Kier molecular flexibility index (Phi) is 3.36. The van der Waals surface area contributed by atoms with E-state index in [2.05, 4.69) is 4.98 Å². The van der Waals surface area contributed by atoms with Gasteiger partial charge in [0.05, 0.1) is 16.8 Å². The SMILES string of the molecule is Nc1ncc(N2CCN(C(=O)O)CC2)cc1[N+](=O)[O-]. The van der Waals surface area contributed by atoms with Crippen LogP contribution in [0.25, 0.3) is 0 Å². The molecule has 0 atom stereocenters. The van der Waals surface area contributed by atoms with Crippen LogP contribution in [-0.4, -0.2) is 52.2 Å². The number of hydrogen-bond acceptors (Lipinski definition) is 6. The zero-order valence-corrected chi connectivity index (χ0v) is 10.0. The molecular formula is C10H13N5O4. The monoisotopic (exact) mass is 267 g/mol. The summed E-state index contributed by atoms with van der Waals surface area (Å²) in [7, 11) is 0. The predicted octanol–water partition coefficient (Wildman–Crippen LogP) is 0.372. The summed E-state index contributed by atoms with van der Waals surface area (Å²) in [4.78, 5) is 27.9. The van der Waals surface area contributed by atoms with Gasteiger partial charge in [-0.2, -0.15) is 0 Å². The molecule has 0 spiro atoms. The van der Waals surface area contributed by atoms with Crippen molar-refractivity contribution >= 4 is 23.3 Å². The lowest BCUT2D eigenvalue weighted by molar-refractivity contribution is -0.384. The molecule has 0 radical (unpaired) electrons. The summed E-state index contributed by atoms with van der Waals surface area (Å²) in [5.41, 5.74) is 5.76. The Labute approximate surface area is 108 Å². The van der Waals surface area contributed by atoms with Crippen molar-refractivity contribution in [2.24, 2.45) is 0 Å². The number of nitro groups is 1. The highest BCUT2D eigenvalue weighted by Gasteiger charge is 2.22. The fraction of sp³-hybridized carbons (Fsp3) is 0.400. The fourth-order valence-corrected chi connectivity index (χ4v) is 1.93. The highest BCUT2D eigenvalue weighted by Crippen LogP contribution is 2.25. The molecular weight excluding hydrogens is 254 g/mol. The van der Waals surface area contributed by atoms with Crippen LogP contribution in [0.5, 0.6) is 0 Å². The fourth-order valence-electron chi connectivity index (χ4n) is 1.93. The van der Waals surface area contributed by atoms with Crippen molar-refractivity contribution in [3.63, 3.8) is 0 Å². The van der Waals surface area contributed by atoms with Crippen LogP contribution in [0.15, 0.2) is 12.3 Å². The second-order valence-corrected chi connectivity index (χ2v) is 4.11. The molecule has 1 saturated heterocycles. The van der Waals surface area contributed by atoms with Gasteiger partial charge in [-0.05, 0) is 0 Å². The van der Waals surface area contributed by atoms with E-state index in [9.17, 15) is 14.9 Å². The van der Waals surface area contributed by atoms with Crippen molar-refractivity contribution in [2.45, 2.75) is 0 Å². The molecule has 1 aliphatic rings. The van der Waals surface area contributed by atoms with Crippen LogP contribution < -0.4 is 10.6 Å². The van der Waals surface area contributed by atoms with E-state index in [-0.39, 0.29) is 11.5 Å². The van der Waals surface area contributed by atoms with E-state index in [0.717, 1.165) is 0 Å². The Balaban J connectivity index is 2.14. The van der Waals surface area contributed by atoms with Crippen LogP contribution in [0.3, 0.4) is 0 Å². The van der Waals surface area contributed by atoms with Crippen LogP contribution >= 0.6 is 0 Å². The minimum atomic E-state index is -0.957. The van der Waals surface area contributed by atoms with E-state index in [1.54, 1.807) is 0 Å². The first-order chi connectivity index (χ1) is 8.99. The molecule has 0 saturated carbocycles. The first kappa shape index (κ1) is 12.9. The number of aromatic nitrogens is 1. The van der Waals surface area contributed by atoms with Crippen molar-refractivity contribution in [2.75, 3.05) is 36.8 Å². The topological polar surface area (TPSA) is 126 Å². The Morgan fingerprint density at radius 1 is 1.42 bits per heavy atom. The molecule has 0 aliphatic carbocycles. The lowest BCUT2D eigenvalue weighted by Crippen LogP contribution is -2.48. The summed E-state index contributed by atoms with van der Waals surface area (Å²) >= 11 is 0. The van der Waals surface area contributed by atoms with Crippen molar-refractivity contribution in [1.82, 2.24) is 9.88 Å². The van der Waals surface area contributed by atoms with E-state index in [4.69, 9.17) is 10.8 Å². The van der Waals surface area contributed by atoms with Gasteiger partial charge in [-0.1, -0.05) is 0 Å². The molecule has 1 fully saturated rings. The van der Waals surface area contributed by atoms with Gasteiger partial charge in [-0.25, -0.2) is 9.78 Å². The van der Waals surface area contributed by atoms with E-state index in [1.807, 2.05) is 4.90 Å². The zero-order chi connectivity index (χ0) is 14.0. The van der Waals surface area contributed by atoms with Gasteiger partial charge in [0.15, 0.2) is 0 Å². The smallest absolute Gasteiger partial charge is 0.407 e. The molecule has 1 aliphatic heterocycles. The van der Waals surface area contributed by atoms with E-state index in [0.29, 0.717) is 31.9 Å². The molecule has 19 heavy (non-hydrogen) atoms. The molecule has 1 aromatic heterocycles. The lowest BCUT2D eigenvalue weighted by atomic mass is 10.2. The van der Waals surface area contributed by atoms with Gasteiger partial charge in [0.2, 0.25) is 5.82 Å². The Hall–Kier alpha value is -2.58. The Morgan fingerprint density at radius 2 is 2.05 bits per heavy atom. The van der Waals surface area contributed by atoms with Crippen molar-refractivity contribution in [3.05, 3.63) is 22.4 Å². The first-order valence-electron chi connectivity index (χ1n) is 5.62. The van der Waals surface area contributed by atoms with Gasteiger partial charge in [0.1, 0.15) is 0 Å². The number of amides is 1. The molecule has 9 heteroatoms.